The van der Waals surface area contributed by atoms with Crippen LogP contribution in [0.5, 0.6) is 5.75 Å². The zero-order valence-corrected chi connectivity index (χ0v) is 15.4. The van der Waals surface area contributed by atoms with Crippen LogP contribution in [0.25, 0.3) is 0 Å². The molecule has 0 saturated carbocycles. The van der Waals surface area contributed by atoms with Crippen molar-refractivity contribution in [2.45, 2.75) is 32.4 Å². The number of alkyl halides is 2. The summed E-state index contributed by atoms with van der Waals surface area (Å²) < 4.78 is 29.4. The van der Waals surface area contributed by atoms with Crippen LogP contribution in [0.15, 0.2) is 24.3 Å². The van der Waals surface area contributed by atoms with Crippen molar-refractivity contribution in [3.63, 3.8) is 0 Å². The number of amides is 2. The predicted molar refractivity (Wildman–Crippen MR) is 95.7 cm³/mol. The fraction of sp³-hybridized carbons (Fsp3) is 0.529. The first-order chi connectivity index (χ1) is 11.9. The maximum absolute atomic E-state index is 12.6. The van der Waals surface area contributed by atoms with Gasteiger partial charge in [0, 0.05) is 26.2 Å². The number of carbonyl (C=O) groups is 2. The summed E-state index contributed by atoms with van der Waals surface area (Å²) in [7, 11) is 0. The van der Waals surface area contributed by atoms with Gasteiger partial charge in [0.25, 0.3) is 5.91 Å². The predicted octanol–water partition coefficient (Wildman–Crippen LogP) is 2.12. The molecule has 6 nitrogen and oxygen atoms in total. The molecule has 1 aliphatic rings. The van der Waals surface area contributed by atoms with Crippen molar-refractivity contribution in [2.75, 3.05) is 26.2 Å². The smallest absolute Gasteiger partial charge is 0.387 e. The molecule has 0 aliphatic carbocycles. The summed E-state index contributed by atoms with van der Waals surface area (Å²) in [5.74, 6) is -0.650. The van der Waals surface area contributed by atoms with Crippen molar-refractivity contribution in [1.29, 1.82) is 0 Å². The Hall–Kier alpha value is -1.93. The third-order valence-corrected chi connectivity index (χ3v) is 4.13. The molecule has 1 fully saturated rings. The highest BCUT2D eigenvalue weighted by Gasteiger charge is 2.28. The van der Waals surface area contributed by atoms with Crippen LogP contribution in [0, 0.1) is 0 Å². The first-order valence-electron chi connectivity index (χ1n) is 8.31. The molecule has 0 radical (unpaired) electrons. The lowest BCUT2D eigenvalue weighted by Crippen LogP contribution is -2.54. The summed E-state index contributed by atoms with van der Waals surface area (Å²) in [6, 6.07) is 5.39. The first kappa shape index (κ1) is 22.1. The third kappa shape index (κ3) is 5.54. The second kappa shape index (κ2) is 10.3. The summed E-state index contributed by atoms with van der Waals surface area (Å²) in [6.07, 6.45) is 1.45. The Bertz CT molecular complexity index is 611. The molecular formula is C17H24ClF2N3O3. The molecule has 26 heavy (non-hydrogen) atoms. The second-order valence-electron chi connectivity index (χ2n) is 5.89. The normalized spacial score (nSPS) is 15.4. The van der Waals surface area contributed by atoms with Gasteiger partial charge in [0.1, 0.15) is 5.75 Å². The van der Waals surface area contributed by atoms with Crippen LogP contribution in [0.4, 0.5) is 8.78 Å². The topological polar surface area (TPSA) is 75.9 Å². The lowest BCUT2D eigenvalue weighted by atomic mass is 10.1. The molecule has 1 atom stereocenters. The number of halogens is 3. The van der Waals surface area contributed by atoms with E-state index in [2.05, 4.69) is 4.74 Å². The van der Waals surface area contributed by atoms with E-state index in [1.54, 1.807) is 11.0 Å². The lowest BCUT2D eigenvalue weighted by Gasteiger charge is -2.36. The van der Waals surface area contributed by atoms with Crippen molar-refractivity contribution >= 4 is 24.2 Å². The van der Waals surface area contributed by atoms with Crippen LogP contribution in [0.2, 0.25) is 0 Å². The summed E-state index contributed by atoms with van der Waals surface area (Å²) in [6.45, 7) is 0.366. The van der Waals surface area contributed by atoms with Gasteiger partial charge in [0.15, 0.2) is 0 Å². The standard InChI is InChI=1S/C17H23F2N3O3.ClH/c1-2-5-13(20)16(24)22-10-8-21(9-11-22)15(23)12-6-3-4-7-14(12)25-17(18)19;/h3-4,6-7,13,17H,2,5,8-11,20H2,1H3;1H. The van der Waals surface area contributed by atoms with E-state index in [0.29, 0.717) is 32.6 Å². The van der Waals surface area contributed by atoms with E-state index < -0.39 is 12.7 Å². The molecule has 9 heteroatoms. The molecule has 146 valence electrons. The average Bonchev–Trinajstić information content (AvgIpc) is 2.61. The highest BCUT2D eigenvalue weighted by atomic mass is 35.5. The highest BCUT2D eigenvalue weighted by molar-refractivity contribution is 5.97. The van der Waals surface area contributed by atoms with Gasteiger partial charge in [-0.25, -0.2) is 0 Å². The molecule has 0 aromatic heterocycles. The van der Waals surface area contributed by atoms with Crippen molar-refractivity contribution in [3.8, 4) is 5.75 Å². The molecule has 2 rings (SSSR count). The number of piperazine rings is 1. The largest absolute Gasteiger partial charge is 0.434 e. The fourth-order valence-electron chi connectivity index (χ4n) is 2.81. The van der Waals surface area contributed by atoms with Gasteiger partial charge < -0.3 is 20.3 Å². The van der Waals surface area contributed by atoms with E-state index in [1.807, 2.05) is 6.92 Å². The monoisotopic (exact) mass is 391 g/mol. The number of hydrogen-bond acceptors (Lipinski definition) is 4. The number of hydrogen-bond donors (Lipinski definition) is 1. The molecule has 1 aromatic carbocycles. The fourth-order valence-corrected chi connectivity index (χ4v) is 2.81. The van der Waals surface area contributed by atoms with E-state index in [9.17, 15) is 18.4 Å². The van der Waals surface area contributed by atoms with Crippen molar-refractivity contribution in [3.05, 3.63) is 29.8 Å². The number of rotatable bonds is 6. The van der Waals surface area contributed by atoms with E-state index >= 15 is 0 Å². The maximum Gasteiger partial charge on any atom is 0.387 e. The Morgan fingerprint density at radius 2 is 1.73 bits per heavy atom. The number of para-hydroxylation sites is 1. The van der Waals surface area contributed by atoms with E-state index in [1.165, 1.54) is 23.1 Å². The van der Waals surface area contributed by atoms with Gasteiger partial charge >= 0.3 is 6.61 Å². The van der Waals surface area contributed by atoms with E-state index in [4.69, 9.17) is 5.73 Å². The molecular weight excluding hydrogens is 368 g/mol. The maximum atomic E-state index is 12.6. The van der Waals surface area contributed by atoms with Crippen LogP contribution in [0.3, 0.4) is 0 Å². The van der Waals surface area contributed by atoms with Gasteiger partial charge in [-0.05, 0) is 18.6 Å². The van der Waals surface area contributed by atoms with Gasteiger partial charge in [-0.3, -0.25) is 9.59 Å². The average molecular weight is 392 g/mol. The van der Waals surface area contributed by atoms with Gasteiger partial charge in [-0.2, -0.15) is 8.78 Å². The summed E-state index contributed by atoms with van der Waals surface area (Å²) >= 11 is 0. The van der Waals surface area contributed by atoms with Gasteiger partial charge in [0.05, 0.1) is 11.6 Å². The summed E-state index contributed by atoms with van der Waals surface area (Å²) in [5.41, 5.74) is 5.94. The molecule has 2 N–H and O–H groups in total. The first-order valence-corrected chi connectivity index (χ1v) is 8.31. The summed E-state index contributed by atoms with van der Waals surface area (Å²) in [4.78, 5) is 28.0. The van der Waals surface area contributed by atoms with Crippen LogP contribution in [-0.4, -0.2) is 60.4 Å². The van der Waals surface area contributed by atoms with Crippen LogP contribution in [-0.2, 0) is 4.79 Å². The van der Waals surface area contributed by atoms with E-state index in [-0.39, 0.29) is 35.5 Å². The van der Waals surface area contributed by atoms with Gasteiger partial charge in [-0.1, -0.05) is 25.5 Å². The quantitative estimate of drug-likeness (QED) is 0.806. The summed E-state index contributed by atoms with van der Waals surface area (Å²) in [5, 5.41) is 0. The van der Waals surface area contributed by atoms with Crippen LogP contribution in [0.1, 0.15) is 30.1 Å². The van der Waals surface area contributed by atoms with Crippen LogP contribution >= 0.6 is 12.4 Å². The zero-order chi connectivity index (χ0) is 18.4. The Labute approximate surface area is 157 Å². The molecule has 2 amide bonds. The molecule has 0 spiro atoms. The van der Waals surface area contributed by atoms with Crippen molar-refractivity contribution in [1.82, 2.24) is 9.80 Å². The molecule has 1 unspecified atom stereocenters. The SMILES string of the molecule is CCCC(N)C(=O)N1CCN(C(=O)c2ccccc2OC(F)F)CC1.Cl. The Balaban J connectivity index is 0.00000338. The Morgan fingerprint density at radius 3 is 2.31 bits per heavy atom. The molecule has 0 bridgehead atoms. The minimum Gasteiger partial charge on any atom is -0.434 e. The lowest BCUT2D eigenvalue weighted by molar-refractivity contribution is -0.134. The molecule has 1 heterocycles. The Morgan fingerprint density at radius 1 is 1.15 bits per heavy atom. The number of benzene rings is 1. The Kier molecular flexibility index (Phi) is 8.74. The molecule has 1 saturated heterocycles. The molecule has 1 aliphatic heterocycles. The number of ether oxygens (including phenoxy) is 1. The van der Waals surface area contributed by atoms with Crippen molar-refractivity contribution in [2.24, 2.45) is 5.73 Å². The molecule has 1 aromatic rings. The van der Waals surface area contributed by atoms with Gasteiger partial charge in [0.2, 0.25) is 5.91 Å². The second-order valence-corrected chi connectivity index (χ2v) is 5.89. The number of nitrogens with zero attached hydrogens (tertiary/aromatic N) is 2. The highest BCUT2D eigenvalue weighted by Crippen LogP contribution is 2.22. The van der Waals surface area contributed by atoms with Gasteiger partial charge in [-0.15, -0.1) is 12.4 Å². The van der Waals surface area contributed by atoms with Crippen molar-refractivity contribution < 1.29 is 23.1 Å². The zero-order valence-electron chi connectivity index (χ0n) is 14.6. The van der Waals surface area contributed by atoms with E-state index in [0.717, 1.165) is 6.42 Å². The minimum atomic E-state index is -3.00. The third-order valence-electron chi connectivity index (χ3n) is 4.13. The number of carbonyl (C=O) groups excluding carboxylic acids is 2. The minimum absolute atomic E-state index is 0. The van der Waals surface area contributed by atoms with Crippen LogP contribution < -0.4 is 10.5 Å². The number of nitrogens with two attached hydrogens (primary N) is 1.